The lowest BCUT2D eigenvalue weighted by Gasteiger charge is -2.11. The summed E-state index contributed by atoms with van der Waals surface area (Å²) in [6.07, 6.45) is 0. The molecule has 0 aliphatic rings. The van der Waals surface area contributed by atoms with Crippen molar-refractivity contribution in [3.05, 3.63) is 80.6 Å². The van der Waals surface area contributed by atoms with Gasteiger partial charge in [0, 0.05) is 22.1 Å². The molecule has 0 atom stereocenters. The summed E-state index contributed by atoms with van der Waals surface area (Å²) in [6.45, 7) is 0. The van der Waals surface area contributed by atoms with Crippen molar-refractivity contribution in [1.29, 1.82) is 0 Å². The van der Waals surface area contributed by atoms with Gasteiger partial charge in [0.25, 0.3) is 0 Å². The highest BCUT2D eigenvalue weighted by Crippen LogP contribution is 2.37. The number of aromatic nitrogens is 1. The zero-order chi connectivity index (χ0) is 22.1. The van der Waals surface area contributed by atoms with Crippen LogP contribution in [0.1, 0.15) is 10.4 Å². The zero-order valence-electron chi connectivity index (χ0n) is 16.0. The predicted octanol–water partition coefficient (Wildman–Crippen LogP) is 7.81. The van der Waals surface area contributed by atoms with Gasteiger partial charge in [-0.3, -0.25) is 0 Å². The highest BCUT2D eigenvalue weighted by molar-refractivity contribution is 7.13. The van der Waals surface area contributed by atoms with E-state index in [-0.39, 0.29) is 5.56 Å². The maximum absolute atomic E-state index is 12.0. The number of halogens is 3. The molecule has 31 heavy (non-hydrogen) atoms. The van der Waals surface area contributed by atoms with Crippen molar-refractivity contribution in [3.8, 4) is 38.7 Å². The number of methoxy groups -OCH3 is 1. The molecule has 0 fully saturated rings. The van der Waals surface area contributed by atoms with Gasteiger partial charge in [-0.2, -0.15) is 0 Å². The summed E-state index contributed by atoms with van der Waals surface area (Å²) in [4.78, 5) is 16.6. The molecule has 3 aromatic carbocycles. The lowest BCUT2D eigenvalue weighted by atomic mass is 9.97. The molecule has 0 saturated heterocycles. The molecule has 4 aromatic rings. The van der Waals surface area contributed by atoms with Gasteiger partial charge in [0.2, 0.25) is 0 Å². The first-order valence-corrected chi connectivity index (χ1v) is 11.0. The number of benzene rings is 3. The van der Waals surface area contributed by atoms with Crippen LogP contribution in [-0.2, 0) is 0 Å². The molecule has 1 heterocycles. The summed E-state index contributed by atoms with van der Waals surface area (Å²) < 4.78 is 5.17. The van der Waals surface area contributed by atoms with E-state index in [2.05, 4.69) is 4.98 Å². The number of thiazole rings is 1. The molecule has 0 saturated carbocycles. The van der Waals surface area contributed by atoms with E-state index in [0.29, 0.717) is 42.5 Å². The van der Waals surface area contributed by atoms with Crippen LogP contribution in [0.4, 0.5) is 0 Å². The Hall–Kier alpha value is -2.57. The molecule has 8 heteroatoms. The quantitative estimate of drug-likeness (QED) is 0.310. The van der Waals surface area contributed by atoms with Gasteiger partial charge in [-0.1, -0.05) is 53.0 Å². The minimum Gasteiger partial charge on any atom is -0.497 e. The van der Waals surface area contributed by atoms with Crippen molar-refractivity contribution in [1.82, 2.24) is 4.98 Å². The zero-order valence-corrected chi connectivity index (χ0v) is 19.1. The summed E-state index contributed by atoms with van der Waals surface area (Å²) in [5.41, 5.74) is 3.53. The van der Waals surface area contributed by atoms with Crippen molar-refractivity contribution < 1.29 is 14.6 Å². The van der Waals surface area contributed by atoms with Crippen molar-refractivity contribution in [3.63, 3.8) is 0 Å². The van der Waals surface area contributed by atoms with Crippen LogP contribution in [0.25, 0.3) is 33.0 Å². The molecular weight excluding hydrogens is 477 g/mol. The Kier molecular flexibility index (Phi) is 6.21. The van der Waals surface area contributed by atoms with E-state index in [1.165, 1.54) is 11.3 Å². The van der Waals surface area contributed by atoms with E-state index in [4.69, 9.17) is 39.5 Å². The maximum Gasteiger partial charge on any atom is 0.336 e. The molecule has 0 bridgehead atoms. The predicted molar refractivity (Wildman–Crippen MR) is 127 cm³/mol. The Balaban J connectivity index is 1.74. The van der Waals surface area contributed by atoms with Crippen LogP contribution < -0.4 is 4.74 Å². The van der Waals surface area contributed by atoms with E-state index in [0.717, 1.165) is 11.3 Å². The average Bonchev–Trinajstić information content (AvgIpc) is 3.25. The van der Waals surface area contributed by atoms with Crippen molar-refractivity contribution in [2.45, 2.75) is 0 Å². The normalized spacial score (nSPS) is 10.8. The Morgan fingerprint density at radius 3 is 2.32 bits per heavy atom. The number of hydrogen-bond donors (Lipinski definition) is 1. The fourth-order valence-corrected chi connectivity index (χ4v) is 4.52. The van der Waals surface area contributed by atoms with Gasteiger partial charge >= 0.3 is 5.97 Å². The summed E-state index contributed by atoms with van der Waals surface area (Å²) in [6, 6.07) is 15.6. The van der Waals surface area contributed by atoms with Crippen LogP contribution >= 0.6 is 46.1 Å². The van der Waals surface area contributed by atoms with Crippen LogP contribution in [0, 0.1) is 0 Å². The van der Waals surface area contributed by atoms with Crippen LogP contribution in [-0.4, -0.2) is 23.2 Å². The third-order valence-corrected chi connectivity index (χ3v) is 6.63. The smallest absolute Gasteiger partial charge is 0.336 e. The molecule has 0 radical (unpaired) electrons. The number of nitrogens with zero attached hydrogens (tertiary/aromatic N) is 1. The largest absolute Gasteiger partial charge is 0.497 e. The van der Waals surface area contributed by atoms with E-state index < -0.39 is 5.97 Å². The van der Waals surface area contributed by atoms with Crippen LogP contribution in [0.3, 0.4) is 0 Å². The van der Waals surface area contributed by atoms with Gasteiger partial charge < -0.3 is 9.84 Å². The van der Waals surface area contributed by atoms with Crippen LogP contribution in [0.2, 0.25) is 15.1 Å². The number of aromatic carboxylic acids is 1. The number of rotatable bonds is 5. The standard InChI is InChI=1S/C23H14Cl3NO3S/c1-30-14-4-6-16(19(25)10-14)15-5-2-13(8-17(15)23(28)29)22-27-21(11-31-22)12-3-7-18(24)20(26)9-12/h2-11H,1H3,(H,28,29). The number of hydrogen-bond acceptors (Lipinski definition) is 4. The van der Waals surface area contributed by atoms with Crippen LogP contribution in [0.15, 0.2) is 60.0 Å². The number of carbonyl (C=O) groups is 1. The Bertz CT molecular complexity index is 1300. The van der Waals surface area contributed by atoms with Gasteiger partial charge in [0.15, 0.2) is 0 Å². The van der Waals surface area contributed by atoms with Crippen molar-refractivity contribution in [2.75, 3.05) is 7.11 Å². The van der Waals surface area contributed by atoms with Gasteiger partial charge in [-0.05, 0) is 42.0 Å². The fraction of sp³-hybridized carbons (Fsp3) is 0.0435. The first-order chi connectivity index (χ1) is 14.9. The summed E-state index contributed by atoms with van der Waals surface area (Å²) >= 11 is 19.9. The lowest BCUT2D eigenvalue weighted by Crippen LogP contribution is -2.00. The molecule has 0 unspecified atom stereocenters. The topological polar surface area (TPSA) is 59.4 Å². The molecule has 4 rings (SSSR count). The van der Waals surface area contributed by atoms with E-state index in [1.54, 1.807) is 49.6 Å². The van der Waals surface area contributed by atoms with Gasteiger partial charge in [-0.25, -0.2) is 9.78 Å². The monoisotopic (exact) mass is 489 g/mol. The lowest BCUT2D eigenvalue weighted by molar-refractivity contribution is 0.0698. The molecule has 0 aliphatic carbocycles. The molecular formula is C23H14Cl3NO3S. The Morgan fingerprint density at radius 2 is 1.65 bits per heavy atom. The van der Waals surface area contributed by atoms with E-state index in [1.807, 2.05) is 17.5 Å². The second kappa shape index (κ2) is 8.89. The first kappa shape index (κ1) is 21.7. The molecule has 156 valence electrons. The van der Waals surface area contributed by atoms with E-state index >= 15 is 0 Å². The first-order valence-electron chi connectivity index (χ1n) is 9.00. The second-order valence-corrected chi connectivity index (χ2v) is 8.66. The highest BCUT2D eigenvalue weighted by atomic mass is 35.5. The molecule has 1 N–H and O–H groups in total. The molecule has 0 spiro atoms. The maximum atomic E-state index is 12.0. The third kappa shape index (κ3) is 4.41. The molecule has 4 nitrogen and oxygen atoms in total. The van der Waals surface area contributed by atoms with Gasteiger partial charge in [-0.15, -0.1) is 11.3 Å². The number of ether oxygens (including phenoxy) is 1. The van der Waals surface area contributed by atoms with E-state index in [9.17, 15) is 9.90 Å². The number of carboxylic acids is 1. The van der Waals surface area contributed by atoms with Gasteiger partial charge in [0.1, 0.15) is 10.8 Å². The minimum atomic E-state index is -1.05. The summed E-state index contributed by atoms with van der Waals surface area (Å²) in [5.74, 6) is -0.454. The Labute approximate surface area is 197 Å². The fourth-order valence-electron chi connectivity index (χ4n) is 3.12. The summed E-state index contributed by atoms with van der Waals surface area (Å²) in [5, 5.41) is 13.7. The third-order valence-electron chi connectivity index (χ3n) is 4.68. The molecule has 0 amide bonds. The minimum absolute atomic E-state index is 0.135. The van der Waals surface area contributed by atoms with Crippen molar-refractivity contribution >= 4 is 52.1 Å². The second-order valence-electron chi connectivity index (χ2n) is 6.58. The highest BCUT2D eigenvalue weighted by Gasteiger charge is 2.17. The van der Waals surface area contributed by atoms with Gasteiger partial charge in [0.05, 0.1) is 33.4 Å². The van der Waals surface area contributed by atoms with Crippen molar-refractivity contribution in [2.24, 2.45) is 0 Å². The molecule has 0 aliphatic heterocycles. The number of carboxylic acid groups (broad SMARTS) is 1. The average molecular weight is 491 g/mol. The SMILES string of the molecule is COc1ccc(-c2ccc(-c3nc(-c4ccc(Cl)c(Cl)c4)cs3)cc2C(=O)O)c(Cl)c1. The van der Waals surface area contributed by atoms with Crippen LogP contribution in [0.5, 0.6) is 5.75 Å². The Morgan fingerprint density at radius 1 is 0.903 bits per heavy atom. The molecule has 1 aromatic heterocycles. The summed E-state index contributed by atoms with van der Waals surface area (Å²) in [7, 11) is 1.54.